The predicted molar refractivity (Wildman–Crippen MR) is 125 cm³/mol. The van der Waals surface area contributed by atoms with Crippen molar-refractivity contribution in [3.8, 4) is 0 Å². The van der Waals surface area contributed by atoms with Gasteiger partial charge in [0, 0.05) is 29.8 Å². The average Bonchev–Trinajstić information content (AvgIpc) is 2.74. The van der Waals surface area contributed by atoms with Crippen LogP contribution in [0.5, 0.6) is 0 Å². The summed E-state index contributed by atoms with van der Waals surface area (Å²) in [6, 6.07) is 6.56. The quantitative estimate of drug-likeness (QED) is 0.259. The van der Waals surface area contributed by atoms with Crippen LogP contribution in [0.25, 0.3) is 5.76 Å². The van der Waals surface area contributed by atoms with Crippen molar-refractivity contribution in [1.82, 2.24) is 9.97 Å². The third-order valence-corrected chi connectivity index (χ3v) is 6.21. The van der Waals surface area contributed by atoms with Crippen LogP contribution >= 0.6 is 0 Å². The molecule has 0 aromatic carbocycles. The molecule has 0 bridgehead atoms. The highest BCUT2D eigenvalue weighted by Crippen LogP contribution is 2.35. The second kappa shape index (κ2) is 12.5. The third kappa shape index (κ3) is 6.68. The topological polar surface area (TPSA) is 35.0 Å². The summed E-state index contributed by atoms with van der Waals surface area (Å²) in [6.07, 6.45) is 22.2. The first-order chi connectivity index (χ1) is 14.8. The number of aryl methyl sites for hydroxylation is 1. The summed E-state index contributed by atoms with van der Waals surface area (Å²) in [5, 5.41) is 0. The van der Waals surface area contributed by atoms with E-state index in [1.165, 1.54) is 80.2 Å². The van der Waals surface area contributed by atoms with E-state index in [2.05, 4.69) is 30.1 Å². The number of pyridine rings is 2. The van der Waals surface area contributed by atoms with E-state index in [0.29, 0.717) is 0 Å². The number of ether oxygens (including phenoxy) is 1. The molecule has 1 fully saturated rings. The molecule has 3 nitrogen and oxygen atoms in total. The molecular formula is C27H38N2O. The van der Waals surface area contributed by atoms with Crippen LogP contribution in [0.15, 0.2) is 42.4 Å². The van der Waals surface area contributed by atoms with Gasteiger partial charge in [0.15, 0.2) is 0 Å². The number of rotatable bonds is 13. The van der Waals surface area contributed by atoms with E-state index < -0.39 is 0 Å². The summed E-state index contributed by atoms with van der Waals surface area (Å²) in [5.41, 5.74) is 6.28. The lowest BCUT2D eigenvalue weighted by molar-refractivity contribution is 0.358. The molecule has 3 rings (SSSR count). The molecule has 162 valence electrons. The number of hydrogen-bond acceptors (Lipinski definition) is 3. The zero-order chi connectivity index (χ0) is 21.0. The normalized spacial score (nSPS) is 13.2. The molecule has 0 saturated heterocycles. The largest absolute Gasteiger partial charge is 0.496 e. The van der Waals surface area contributed by atoms with Crippen molar-refractivity contribution < 1.29 is 4.74 Å². The third-order valence-electron chi connectivity index (χ3n) is 6.21. The minimum absolute atomic E-state index is 0.864. The molecule has 1 aliphatic carbocycles. The Labute approximate surface area is 183 Å². The monoisotopic (exact) mass is 406 g/mol. The Morgan fingerprint density at radius 2 is 1.70 bits per heavy atom. The fourth-order valence-corrected chi connectivity index (χ4v) is 4.17. The van der Waals surface area contributed by atoms with Crippen molar-refractivity contribution in [2.45, 2.75) is 90.4 Å². The Kier molecular flexibility index (Phi) is 9.40. The van der Waals surface area contributed by atoms with Gasteiger partial charge in [-0.3, -0.25) is 9.97 Å². The maximum atomic E-state index is 5.75. The predicted octanol–water partition coefficient (Wildman–Crippen LogP) is 7.29. The van der Waals surface area contributed by atoms with Crippen LogP contribution in [0, 0.1) is 0 Å². The Hall–Kier alpha value is -2.16. The highest BCUT2D eigenvalue weighted by molar-refractivity contribution is 5.66. The van der Waals surface area contributed by atoms with E-state index in [-0.39, 0.29) is 0 Å². The van der Waals surface area contributed by atoms with Gasteiger partial charge in [0.25, 0.3) is 0 Å². The summed E-state index contributed by atoms with van der Waals surface area (Å²) in [7, 11) is 1.78. The van der Waals surface area contributed by atoms with Crippen LogP contribution in [0.1, 0.15) is 99.9 Å². The smallest absolute Gasteiger partial charge is 0.127 e. The molecule has 1 saturated carbocycles. The average molecular weight is 407 g/mol. The molecule has 0 spiro atoms. The highest BCUT2D eigenvalue weighted by atomic mass is 16.5. The number of allylic oxidation sites excluding steroid dienone is 1. The molecule has 0 amide bonds. The second-order valence-corrected chi connectivity index (χ2v) is 8.58. The van der Waals surface area contributed by atoms with Crippen LogP contribution < -0.4 is 0 Å². The summed E-state index contributed by atoms with van der Waals surface area (Å²) >= 11 is 0. The molecule has 2 aromatic heterocycles. The molecule has 0 atom stereocenters. The number of hydrogen-bond donors (Lipinski definition) is 0. The lowest BCUT2D eigenvalue weighted by atomic mass is 9.88. The number of aromatic nitrogens is 2. The molecule has 3 heteroatoms. The Bertz CT molecular complexity index is 789. The minimum Gasteiger partial charge on any atom is -0.496 e. The summed E-state index contributed by atoms with van der Waals surface area (Å²) < 4.78 is 5.75. The molecule has 0 radical (unpaired) electrons. The van der Waals surface area contributed by atoms with E-state index in [1.807, 2.05) is 18.6 Å². The number of unbranched alkanes of at least 4 members (excludes halogenated alkanes) is 7. The van der Waals surface area contributed by atoms with Crippen molar-refractivity contribution in [2.24, 2.45) is 0 Å². The van der Waals surface area contributed by atoms with E-state index >= 15 is 0 Å². The Balaban J connectivity index is 1.49. The van der Waals surface area contributed by atoms with E-state index in [0.717, 1.165) is 37.0 Å². The minimum atomic E-state index is 0.864. The van der Waals surface area contributed by atoms with Gasteiger partial charge in [0.2, 0.25) is 0 Å². The zero-order valence-corrected chi connectivity index (χ0v) is 19.0. The maximum Gasteiger partial charge on any atom is 0.127 e. The first-order valence-corrected chi connectivity index (χ1v) is 11.9. The fraction of sp³-hybridized carbons (Fsp3) is 0.556. The van der Waals surface area contributed by atoms with Crippen LogP contribution in [-0.4, -0.2) is 17.1 Å². The standard InChI is InChI=1S/C27H38N2O/c1-3-4-5-6-7-8-9-10-14-25-16-15-22(20-29-25)19-24-17-18-28-21-26(24)27(30-2)23-12-11-13-23/h15-18,20-21H,3-14,19H2,1-2H3. The van der Waals surface area contributed by atoms with E-state index in [4.69, 9.17) is 9.72 Å². The maximum absolute atomic E-state index is 5.75. The summed E-state index contributed by atoms with van der Waals surface area (Å²) in [4.78, 5) is 9.08. The van der Waals surface area contributed by atoms with Crippen molar-refractivity contribution in [1.29, 1.82) is 0 Å². The molecule has 0 unspecified atom stereocenters. The van der Waals surface area contributed by atoms with Gasteiger partial charge >= 0.3 is 0 Å². The number of nitrogens with zero attached hydrogens (tertiary/aromatic N) is 2. The molecule has 1 aliphatic rings. The van der Waals surface area contributed by atoms with Gasteiger partial charge in [-0.2, -0.15) is 0 Å². The summed E-state index contributed by atoms with van der Waals surface area (Å²) in [5.74, 6) is 1.03. The molecule has 0 aliphatic heterocycles. The Morgan fingerprint density at radius 3 is 2.33 bits per heavy atom. The van der Waals surface area contributed by atoms with Crippen LogP contribution in [0.3, 0.4) is 0 Å². The van der Waals surface area contributed by atoms with Crippen molar-refractivity contribution in [2.75, 3.05) is 7.11 Å². The lowest BCUT2D eigenvalue weighted by Crippen LogP contribution is -2.06. The van der Waals surface area contributed by atoms with Gasteiger partial charge < -0.3 is 4.74 Å². The molecule has 2 heterocycles. The second-order valence-electron chi connectivity index (χ2n) is 8.58. The van der Waals surface area contributed by atoms with Gasteiger partial charge in [-0.05, 0) is 67.4 Å². The van der Waals surface area contributed by atoms with Gasteiger partial charge in [0.05, 0.1) is 7.11 Å². The molecule has 30 heavy (non-hydrogen) atoms. The summed E-state index contributed by atoms with van der Waals surface area (Å²) in [6.45, 7) is 2.28. The van der Waals surface area contributed by atoms with Gasteiger partial charge in [-0.1, -0.05) is 57.9 Å². The fourth-order valence-electron chi connectivity index (χ4n) is 4.17. The number of methoxy groups -OCH3 is 1. The first-order valence-electron chi connectivity index (χ1n) is 11.9. The first kappa shape index (κ1) is 22.5. The van der Waals surface area contributed by atoms with Crippen LogP contribution in [0.4, 0.5) is 0 Å². The van der Waals surface area contributed by atoms with E-state index in [1.54, 1.807) is 7.11 Å². The SMILES string of the molecule is CCCCCCCCCCc1ccc(Cc2ccncc2C(OC)=C2CCC2)cn1. The van der Waals surface area contributed by atoms with Gasteiger partial charge in [-0.15, -0.1) is 0 Å². The van der Waals surface area contributed by atoms with Crippen LogP contribution in [0.2, 0.25) is 0 Å². The molecular weight excluding hydrogens is 368 g/mol. The Morgan fingerprint density at radius 1 is 0.933 bits per heavy atom. The molecule has 2 aromatic rings. The van der Waals surface area contributed by atoms with E-state index in [9.17, 15) is 0 Å². The van der Waals surface area contributed by atoms with Crippen molar-refractivity contribution >= 4 is 5.76 Å². The van der Waals surface area contributed by atoms with Gasteiger partial charge in [-0.25, -0.2) is 0 Å². The van der Waals surface area contributed by atoms with Crippen molar-refractivity contribution in [3.63, 3.8) is 0 Å². The van der Waals surface area contributed by atoms with Crippen LogP contribution in [-0.2, 0) is 17.6 Å². The highest BCUT2D eigenvalue weighted by Gasteiger charge is 2.19. The van der Waals surface area contributed by atoms with Gasteiger partial charge in [0.1, 0.15) is 5.76 Å². The zero-order valence-electron chi connectivity index (χ0n) is 19.0. The molecule has 0 N–H and O–H groups in total. The van der Waals surface area contributed by atoms with Crippen molar-refractivity contribution in [3.05, 3.63) is 64.7 Å². The lowest BCUT2D eigenvalue weighted by Gasteiger charge is -2.22.